The van der Waals surface area contributed by atoms with Crippen molar-refractivity contribution in [2.45, 2.75) is 20.0 Å². The van der Waals surface area contributed by atoms with Crippen LogP contribution in [0, 0.1) is 17.0 Å². The van der Waals surface area contributed by atoms with Crippen molar-refractivity contribution < 1.29 is 9.72 Å². The Morgan fingerprint density at radius 1 is 1.35 bits per heavy atom. The van der Waals surface area contributed by atoms with E-state index >= 15 is 0 Å². The lowest BCUT2D eigenvalue weighted by atomic mass is 10.2. The molecule has 0 spiro atoms. The molecule has 0 saturated carbocycles. The van der Waals surface area contributed by atoms with E-state index in [-0.39, 0.29) is 17.5 Å². The molecule has 1 saturated heterocycles. The average Bonchev–Trinajstić information content (AvgIpc) is 3.13. The van der Waals surface area contributed by atoms with Crippen LogP contribution in [0.4, 0.5) is 5.82 Å². The summed E-state index contributed by atoms with van der Waals surface area (Å²) in [5.41, 5.74) is 1.56. The lowest BCUT2D eigenvalue weighted by Gasteiger charge is -2.34. The fourth-order valence-corrected chi connectivity index (χ4v) is 3.18. The highest BCUT2D eigenvalue weighted by Crippen LogP contribution is 2.26. The summed E-state index contributed by atoms with van der Waals surface area (Å²) >= 11 is 5.91. The molecule has 2 aromatic rings. The predicted octanol–water partition coefficient (Wildman–Crippen LogP) is 0.831. The highest BCUT2D eigenvalue weighted by atomic mass is 35.5. The Balaban J connectivity index is 1.55. The van der Waals surface area contributed by atoms with Crippen LogP contribution in [0.2, 0.25) is 5.02 Å². The quantitative estimate of drug-likeness (QED) is 0.561. The van der Waals surface area contributed by atoms with Gasteiger partial charge in [0.2, 0.25) is 5.91 Å². The molecule has 1 aliphatic heterocycles. The Hall–Kier alpha value is -2.46. The van der Waals surface area contributed by atoms with Gasteiger partial charge in [0.1, 0.15) is 6.54 Å². The molecule has 0 N–H and O–H groups in total. The second-order valence-electron chi connectivity index (χ2n) is 6.32. The number of halogens is 1. The van der Waals surface area contributed by atoms with E-state index in [1.807, 2.05) is 19.4 Å². The van der Waals surface area contributed by atoms with Crippen molar-refractivity contribution in [3.8, 4) is 0 Å². The zero-order valence-electron chi connectivity index (χ0n) is 14.6. The van der Waals surface area contributed by atoms with Crippen molar-refractivity contribution in [2.24, 2.45) is 7.05 Å². The fraction of sp³-hybridized carbons (Fsp3) is 0.533. The van der Waals surface area contributed by atoms with E-state index in [2.05, 4.69) is 15.1 Å². The third-order valence-electron chi connectivity index (χ3n) is 4.46. The molecule has 3 rings (SSSR count). The van der Waals surface area contributed by atoms with E-state index in [1.165, 1.54) is 4.68 Å². The van der Waals surface area contributed by atoms with Crippen molar-refractivity contribution >= 4 is 23.3 Å². The second-order valence-corrected chi connectivity index (χ2v) is 6.69. The van der Waals surface area contributed by atoms with Gasteiger partial charge < -0.3 is 15.0 Å². The zero-order valence-corrected chi connectivity index (χ0v) is 15.4. The fourth-order valence-electron chi connectivity index (χ4n) is 2.97. The van der Waals surface area contributed by atoms with Gasteiger partial charge in [-0.25, -0.2) is 0 Å². The molecule has 11 heteroatoms. The van der Waals surface area contributed by atoms with Crippen molar-refractivity contribution in [1.82, 2.24) is 29.4 Å². The van der Waals surface area contributed by atoms with E-state index in [1.54, 1.807) is 16.5 Å². The van der Waals surface area contributed by atoms with E-state index in [9.17, 15) is 14.9 Å². The van der Waals surface area contributed by atoms with E-state index < -0.39 is 10.7 Å². The Bertz CT molecular complexity index is 823. The molecule has 0 radical (unpaired) electrons. The average molecular weight is 382 g/mol. The van der Waals surface area contributed by atoms with Crippen LogP contribution in [0.5, 0.6) is 0 Å². The summed E-state index contributed by atoms with van der Waals surface area (Å²) in [6.45, 7) is 5.10. The van der Waals surface area contributed by atoms with Gasteiger partial charge >= 0.3 is 5.82 Å². The number of nitro groups is 1. The molecule has 10 nitrogen and oxygen atoms in total. The van der Waals surface area contributed by atoms with Gasteiger partial charge in [0, 0.05) is 51.5 Å². The molecule has 3 heterocycles. The lowest BCUT2D eigenvalue weighted by molar-refractivity contribution is -0.389. The third kappa shape index (κ3) is 3.86. The molecular weight excluding hydrogens is 362 g/mol. The van der Waals surface area contributed by atoms with Gasteiger partial charge in [0.15, 0.2) is 5.02 Å². The summed E-state index contributed by atoms with van der Waals surface area (Å²) in [6.07, 6.45) is 3.82. The number of hydrogen-bond donors (Lipinski definition) is 0. The minimum absolute atomic E-state index is 0.0240. The number of amides is 1. The molecule has 0 aromatic carbocycles. The SMILES string of the molecule is Cc1c(Cl)c([N+](=O)[O-])nn1CC(=O)N1CCN(Cc2cnn(C)c2)CC1. The number of aryl methyl sites for hydroxylation is 1. The number of hydrogen-bond acceptors (Lipinski definition) is 6. The zero-order chi connectivity index (χ0) is 18.8. The first-order valence-corrected chi connectivity index (χ1v) is 8.58. The van der Waals surface area contributed by atoms with Crippen LogP contribution in [-0.4, -0.2) is 66.4 Å². The van der Waals surface area contributed by atoms with Gasteiger partial charge in [0.05, 0.1) is 17.0 Å². The third-order valence-corrected chi connectivity index (χ3v) is 4.91. The maximum Gasteiger partial charge on any atom is 0.408 e. The first kappa shape index (κ1) is 18.3. The van der Waals surface area contributed by atoms with Gasteiger partial charge in [-0.1, -0.05) is 11.6 Å². The summed E-state index contributed by atoms with van der Waals surface area (Å²) in [5, 5.41) is 18.9. The van der Waals surface area contributed by atoms with Crippen LogP contribution in [0.3, 0.4) is 0 Å². The summed E-state index contributed by atoms with van der Waals surface area (Å²) in [7, 11) is 1.88. The molecular formula is C15H20ClN7O3. The van der Waals surface area contributed by atoms with Gasteiger partial charge in [0.25, 0.3) is 0 Å². The number of carbonyl (C=O) groups is 1. The van der Waals surface area contributed by atoms with Crippen molar-refractivity contribution in [3.05, 3.63) is 38.8 Å². The van der Waals surface area contributed by atoms with Crippen LogP contribution in [0.15, 0.2) is 12.4 Å². The summed E-state index contributed by atoms with van der Waals surface area (Å²) < 4.78 is 3.07. The minimum Gasteiger partial charge on any atom is -0.358 e. The summed E-state index contributed by atoms with van der Waals surface area (Å²) in [4.78, 5) is 26.8. The maximum atomic E-state index is 12.5. The number of rotatable bonds is 5. The van der Waals surface area contributed by atoms with Gasteiger partial charge in [-0.3, -0.25) is 14.4 Å². The molecule has 140 valence electrons. The molecule has 0 unspecified atom stereocenters. The van der Waals surface area contributed by atoms with Crippen molar-refractivity contribution in [1.29, 1.82) is 0 Å². The van der Waals surface area contributed by atoms with Crippen molar-refractivity contribution in [3.63, 3.8) is 0 Å². The molecule has 0 bridgehead atoms. The molecule has 0 aliphatic carbocycles. The minimum atomic E-state index is -0.645. The van der Waals surface area contributed by atoms with Gasteiger partial charge in [-0.15, -0.1) is 0 Å². The molecule has 0 atom stereocenters. The standard InChI is InChI=1S/C15H20ClN7O3/c1-11-14(16)15(23(25)26)18-22(11)10-13(24)21-5-3-20(4-6-21)9-12-7-17-19(2)8-12/h7-8H,3-6,9-10H2,1-2H3. The Morgan fingerprint density at radius 2 is 2.04 bits per heavy atom. The molecule has 26 heavy (non-hydrogen) atoms. The molecule has 2 aromatic heterocycles. The molecule has 1 amide bonds. The highest BCUT2D eigenvalue weighted by molar-refractivity contribution is 6.33. The first-order chi connectivity index (χ1) is 12.3. The predicted molar refractivity (Wildman–Crippen MR) is 93.7 cm³/mol. The monoisotopic (exact) mass is 381 g/mol. The highest BCUT2D eigenvalue weighted by Gasteiger charge is 2.27. The normalized spacial score (nSPS) is 15.4. The molecule has 1 aliphatic rings. The Kier molecular flexibility index (Phi) is 5.23. The largest absolute Gasteiger partial charge is 0.408 e. The second kappa shape index (κ2) is 7.42. The summed E-state index contributed by atoms with van der Waals surface area (Å²) in [5.74, 6) is -0.540. The number of carbonyl (C=O) groups excluding carboxylic acids is 1. The van der Waals surface area contributed by atoms with Crippen LogP contribution < -0.4 is 0 Å². The van der Waals surface area contributed by atoms with Crippen LogP contribution in [0.1, 0.15) is 11.3 Å². The maximum absolute atomic E-state index is 12.5. The topological polar surface area (TPSA) is 102 Å². The smallest absolute Gasteiger partial charge is 0.358 e. The van der Waals surface area contributed by atoms with E-state index in [0.717, 1.165) is 25.2 Å². The van der Waals surface area contributed by atoms with Gasteiger partial charge in [-0.05, 0) is 11.8 Å². The lowest BCUT2D eigenvalue weighted by Crippen LogP contribution is -2.49. The number of piperazine rings is 1. The number of nitrogens with zero attached hydrogens (tertiary/aromatic N) is 7. The van der Waals surface area contributed by atoms with E-state index in [0.29, 0.717) is 18.8 Å². The van der Waals surface area contributed by atoms with Crippen LogP contribution in [0.25, 0.3) is 0 Å². The van der Waals surface area contributed by atoms with Gasteiger partial charge in [-0.2, -0.15) is 9.78 Å². The summed E-state index contributed by atoms with van der Waals surface area (Å²) in [6, 6.07) is 0. The van der Waals surface area contributed by atoms with Crippen LogP contribution in [-0.2, 0) is 24.9 Å². The Labute approximate surface area is 155 Å². The van der Waals surface area contributed by atoms with Crippen molar-refractivity contribution in [2.75, 3.05) is 26.2 Å². The number of aromatic nitrogens is 4. The van der Waals surface area contributed by atoms with E-state index in [4.69, 9.17) is 11.6 Å². The first-order valence-electron chi connectivity index (χ1n) is 8.20. The van der Waals surface area contributed by atoms with Crippen LogP contribution >= 0.6 is 11.6 Å². The molecule has 1 fully saturated rings. The Morgan fingerprint density at radius 3 is 2.58 bits per heavy atom.